The van der Waals surface area contributed by atoms with Crippen molar-refractivity contribution >= 4 is 71.1 Å². The summed E-state index contributed by atoms with van der Waals surface area (Å²) in [6.07, 6.45) is -4.49. The first-order valence-corrected chi connectivity index (χ1v) is 18.0. The Morgan fingerprint density at radius 1 is 1.07 bits per heavy atom. The number of anilines is 2. The van der Waals surface area contributed by atoms with Crippen LogP contribution in [0.1, 0.15) is 12.5 Å². The molecule has 0 radical (unpaired) electrons. The van der Waals surface area contributed by atoms with Gasteiger partial charge < -0.3 is 59.0 Å². The summed E-state index contributed by atoms with van der Waals surface area (Å²) in [5.74, 6) is -0.147. The van der Waals surface area contributed by atoms with E-state index in [1.807, 2.05) is 0 Å². The van der Waals surface area contributed by atoms with E-state index in [1.54, 1.807) is 0 Å². The van der Waals surface area contributed by atoms with Crippen LogP contribution in [0.25, 0.3) is 22.3 Å². The molecule has 6 rings (SSSR count). The maximum atomic E-state index is 13.4. The van der Waals surface area contributed by atoms with Crippen LogP contribution in [-0.4, -0.2) is 100 Å². The number of ether oxygens (including phenoxy) is 2. The number of nitrogens with one attached hydrogen (secondary N) is 1. The third-order valence-electron chi connectivity index (χ3n) is 6.73. The van der Waals surface area contributed by atoms with E-state index >= 15 is 0 Å². The molecular weight excluding hydrogens is 682 g/mol. The average Bonchev–Trinajstić information content (AvgIpc) is 3.68. The van der Waals surface area contributed by atoms with E-state index in [0.717, 1.165) is 0 Å². The first-order chi connectivity index (χ1) is 21.4. The van der Waals surface area contributed by atoms with Gasteiger partial charge in [0.2, 0.25) is 5.95 Å². The van der Waals surface area contributed by atoms with E-state index in [1.165, 1.54) is 28.1 Å². The molecule has 0 aromatic carbocycles. The van der Waals surface area contributed by atoms with Crippen LogP contribution in [-0.2, 0) is 51.2 Å². The van der Waals surface area contributed by atoms with Crippen LogP contribution >= 0.6 is 13.4 Å². The van der Waals surface area contributed by atoms with Crippen LogP contribution in [0.2, 0.25) is 0 Å². The van der Waals surface area contributed by atoms with Crippen molar-refractivity contribution in [3.8, 4) is 0 Å². The SMILES string of the molecule is Nc1nc2c(ncn2[C@@H]2O[C@@H]3COP([O-])(=S)OC[C@H](O[C@H](CO)n4cnc5c(N)ncnc54)COP([O-])(=S)O[C@H]2C3O)c(=O)[nH]1. The molecule has 4 aromatic rings. The first-order valence-electron chi connectivity index (χ1n) is 12.8. The predicted molar refractivity (Wildman–Crippen MR) is 155 cm³/mol. The lowest BCUT2D eigenvalue weighted by atomic mass is 10.1. The molecule has 2 aliphatic heterocycles. The number of aliphatic hydroxyl groups is 2. The van der Waals surface area contributed by atoms with Crippen LogP contribution < -0.4 is 26.8 Å². The summed E-state index contributed by atoms with van der Waals surface area (Å²) >= 11 is 10.1. The Morgan fingerprint density at radius 3 is 2.53 bits per heavy atom. The highest BCUT2D eigenvalue weighted by Gasteiger charge is 2.48. The zero-order valence-electron chi connectivity index (χ0n) is 22.6. The molecule has 2 fully saturated rings. The minimum atomic E-state index is -4.48. The molecule has 7 N–H and O–H groups in total. The molecule has 2 aliphatic rings. The Morgan fingerprint density at radius 2 is 1.78 bits per heavy atom. The lowest BCUT2D eigenvalue weighted by Crippen LogP contribution is -2.36. The molecule has 0 aliphatic carbocycles. The second-order valence-corrected chi connectivity index (χ2v) is 15.1. The molecule has 6 heterocycles. The fourth-order valence-corrected chi connectivity index (χ4v) is 7.21. The molecule has 2 bridgehead atoms. The number of aromatic nitrogens is 8. The van der Waals surface area contributed by atoms with Crippen LogP contribution in [0, 0.1) is 0 Å². The van der Waals surface area contributed by atoms with Gasteiger partial charge in [0.1, 0.15) is 49.7 Å². The summed E-state index contributed by atoms with van der Waals surface area (Å²) < 4.78 is 36.0. The van der Waals surface area contributed by atoms with Crippen LogP contribution in [0.4, 0.5) is 11.8 Å². The normalized spacial score (nSPS) is 32.2. The first kappa shape index (κ1) is 32.3. The van der Waals surface area contributed by atoms with Crippen molar-refractivity contribution in [3.05, 3.63) is 29.3 Å². The van der Waals surface area contributed by atoms with Crippen molar-refractivity contribution in [3.63, 3.8) is 0 Å². The van der Waals surface area contributed by atoms with E-state index in [4.69, 9.17) is 62.6 Å². The number of aromatic amines is 1. The lowest BCUT2D eigenvalue weighted by Gasteiger charge is -2.35. The van der Waals surface area contributed by atoms with Crippen molar-refractivity contribution in [1.82, 2.24) is 39.0 Å². The molecule has 0 spiro atoms. The van der Waals surface area contributed by atoms with E-state index in [0.29, 0.717) is 0 Å². The fourth-order valence-electron chi connectivity index (χ4n) is 4.68. The largest absolute Gasteiger partial charge is 0.780 e. The number of hydrogen-bond donors (Lipinski definition) is 5. The van der Waals surface area contributed by atoms with Gasteiger partial charge in [-0.2, -0.15) is 4.98 Å². The highest BCUT2D eigenvalue weighted by Crippen LogP contribution is 2.48. The third kappa shape index (κ3) is 6.64. The molecule has 25 heteroatoms. The average molecular weight is 707 g/mol. The van der Waals surface area contributed by atoms with E-state index in [9.17, 15) is 24.8 Å². The number of H-pyrrole nitrogens is 1. The van der Waals surface area contributed by atoms with Crippen LogP contribution in [0.15, 0.2) is 23.8 Å². The molecule has 0 amide bonds. The predicted octanol–water partition coefficient (Wildman–Crippen LogP) is -3.12. The Kier molecular flexibility index (Phi) is 9.02. The number of imidazole rings is 2. The van der Waals surface area contributed by atoms with Crippen molar-refractivity contribution in [2.24, 2.45) is 0 Å². The number of nitrogens with zero attached hydrogens (tertiary/aromatic N) is 7. The maximum absolute atomic E-state index is 13.4. The van der Waals surface area contributed by atoms with Gasteiger partial charge in [-0.05, 0) is 0 Å². The van der Waals surface area contributed by atoms with Crippen molar-refractivity contribution in [2.75, 3.05) is 37.9 Å². The van der Waals surface area contributed by atoms with Gasteiger partial charge in [-0.3, -0.25) is 18.9 Å². The van der Waals surface area contributed by atoms with Gasteiger partial charge in [-0.1, -0.05) is 23.6 Å². The molecule has 3 unspecified atom stereocenters. The van der Waals surface area contributed by atoms with Crippen molar-refractivity contribution < 1.29 is 47.6 Å². The third-order valence-corrected chi connectivity index (χ3v) is 9.83. The molecule has 8 atom stereocenters. The topological polar surface area (TPSA) is 301 Å². The Balaban J connectivity index is 1.28. The second kappa shape index (κ2) is 12.5. The van der Waals surface area contributed by atoms with E-state index in [-0.39, 0.29) is 34.1 Å². The summed E-state index contributed by atoms with van der Waals surface area (Å²) in [6, 6.07) is 0. The number of nitrogen functional groups attached to an aromatic ring is 2. The van der Waals surface area contributed by atoms with Crippen LogP contribution in [0.5, 0.6) is 0 Å². The molecule has 45 heavy (non-hydrogen) atoms. The van der Waals surface area contributed by atoms with E-state index < -0.39 is 82.3 Å². The summed E-state index contributed by atoms with van der Waals surface area (Å²) in [6.45, 7) is -11.1. The minimum Gasteiger partial charge on any atom is -0.780 e. The summed E-state index contributed by atoms with van der Waals surface area (Å²) in [5, 5.41) is 21.2. The quantitative estimate of drug-likeness (QED) is 0.128. The number of aliphatic hydroxyl groups excluding tert-OH is 2. The minimum absolute atomic E-state index is 0.0512. The summed E-state index contributed by atoms with van der Waals surface area (Å²) in [4.78, 5) is 61.3. The van der Waals surface area contributed by atoms with Crippen molar-refractivity contribution in [2.45, 2.75) is 36.9 Å². The Bertz CT molecular complexity index is 1880. The molecule has 21 nitrogen and oxygen atoms in total. The van der Waals surface area contributed by atoms with Gasteiger partial charge in [0.15, 0.2) is 35.1 Å². The van der Waals surface area contributed by atoms with Gasteiger partial charge in [0.05, 0.1) is 39.1 Å². The van der Waals surface area contributed by atoms with Gasteiger partial charge >= 0.3 is 0 Å². The zero-order chi connectivity index (χ0) is 32.1. The summed E-state index contributed by atoms with van der Waals surface area (Å²) in [5.41, 5.74) is 11.2. The maximum Gasteiger partial charge on any atom is 0.280 e. The zero-order valence-corrected chi connectivity index (χ0v) is 26.0. The Labute approximate surface area is 261 Å². The lowest BCUT2D eigenvalue weighted by molar-refractivity contribution is -0.222. The Hall–Kier alpha value is -2.60. The molecule has 2 saturated heterocycles. The number of nitrogens with two attached hydrogens (primary N) is 2. The monoisotopic (exact) mass is 706 g/mol. The summed E-state index contributed by atoms with van der Waals surface area (Å²) in [7, 11) is 0. The smallest absolute Gasteiger partial charge is 0.280 e. The molecule has 0 saturated carbocycles. The highest BCUT2D eigenvalue weighted by atomic mass is 32.5. The molecule has 4 aromatic heterocycles. The number of hydrogen-bond acceptors (Lipinski definition) is 20. The van der Waals surface area contributed by atoms with Gasteiger partial charge in [-0.25, -0.2) is 19.9 Å². The molecule has 244 valence electrons. The van der Waals surface area contributed by atoms with Gasteiger partial charge in [-0.15, -0.1) is 0 Å². The van der Waals surface area contributed by atoms with Gasteiger partial charge in [0, 0.05) is 0 Å². The van der Waals surface area contributed by atoms with Crippen LogP contribution in [0.3, 0.4) is 0 Å². The number of rotatable bonds is 5. The van der Waals surface area contributed by atoms with Crippen molar-refractivity contribution in [1.29, 1.82) is 0 Å². The van der Waals surface area contributed by atoms with E-state index in [2.05, 4.69) is 29.9 Å². The highest BCUT2D eigenvalue weighted by molar-refractivity contribution is 8.06. The molecular formula is C20H24N10O11P2S2-2. The fraction of sp³-hybridized carbons (Fsp3) is 0.500. The second-order valence-electron chi connectivity index (χ2n) is 9.66. The van der Waals surface area contributed by atoms with Gasteiger partial charge in [0.25, 0.3) is 5.56 Å². The number of fused-ring (bicyclic) bond motifs is 4. The standard InChI is InChI=1S/C20H26N10O11P2S2/c21-15-11-16(24-5-23-15)29(6-25-11)10(1-31)39-8-2-36-42(34,44)38-4-9-13(32)14(41-43(35,45)37-3-8)19(40-9)30-7-26-12-17(30)27-20(22)28-18(12)33/h5-10,13-14,19,31-32H,1-4H2,(H,34,44)(H,35,45)(H2,21,23,24)(H3,22,27,28,33)/p-2/t8-,9+,10+,13?,14-,19+,42?,43?/m0/s1.